The van der Waals surface area contributed by atoms with Crippen molar-refractivity contribution in [1.82, 2.24) is 19.3 Å². The monoisotopic (exact) mass is 233 g/mol. The molecule has 0 unspecified atom stereocenters. The fourth-order valence-electron chi connectivity index (χ4n) is 2.06. The van der Waals surface area contributed by atoms with E-state index in [4.69, 9.17) is 5.73 Å². The van der Waals surface area contributed by atoms with Crippen molar-refractivity contribution < 1.29 is 0 Å². The Balaban J connectivity index is 2.28. The van der Waals surface area contributed by atoms with Gasteiger partial charge in [-0.3, -0.25) is 4.68 Å². The van der Waals surface area contributed by atoms with Crippen molar-refractivity contribution in [2.75, 3.05) is 6.54 Å². The number of nitrogens with two attached hydrogens (primary N) is 1. The first-order valence-corrected chi connectivity index (χ1v) is 5.81. The summed E-state index contributed by atoms with van der Waals surface area (Å²) in [5.74, 6) is 0. The number of imidazole rings is 1. The Morgan fingerprint density at radius 3 is 2.71 bits per heavy atom. The number of aromatic nitrogens is 4. The summed E-state index contributed by atoms with van der Waals surface area (Å²) in [6.45, 7) is 5.61. The summed E-state index contributed by atoms with van der Waals surface area (Å²) in [5.41, 5.74) is 10.3. The second-order valence-electron chi connectivity index (χ2n) is 4.32. The second kappa shape index (κ2) is 4.71. The van der Waals surface area contributed by atoms with Crippen LogP contribution in [0, 0.1) is 13.8 Å². The fraction of sp³-hybridized carbons (Fsp3) is 0.500. The Kier molecular flexibility index (Phi) is 3.28. The minimum absolute atomic E-state index is 0.650. The van der Waals surface area contributed by atoms with Crippen molar-refractivity contribution in [1.29, 1.82) is 0 Å². The first kappa shape index (κ1) is 11.9. The lowest BCUT2D eigenvalue weighted by molar-refractivity contribution is 0.714. The normalized spacial score (nSPS) is 11.1. The average Bonchev–Trinajstić information content (AvgIpc) is 2.81. The van der Waals surface area contributed by atoms with Crippen molar-refractivity contribution in [3.8, 4) is 0 Å². The molecule has 0 saturated carbocycles. The standard InChI is InChI=1S/C12H19N5/c1-9-12(10(2)16(3)15-9)7-17-8-14-6-11(17)4-5-13/h6,8H,4-5,7,13H2,1-3H3. The van der Waals surface area contributed by atoms with E-state index < -0.39 is 0 Å². The van der Waals surface area contributed by atoms with Crippen molar-refractivity contribution in [3.63, 3.8) is 0 Å². The van der Waals surface area contributed by atoms with Gasteiger partial charge in [-0.15, -0.1) is 0 Å². The van der Waals surface area contributed by atoms with E-state index in [-0.39, 0.29) is 0 Å². The van der Waals surface area contributed by atoms with Crippen molar-refractivity contribution >= 4 is 0 Å². The summed E-state index contributed by atoms with van der Waals surface area (Å²) in [6.07, 6.45) is 4.60. The zero-order valence-electron chi connectivity index (χ0n) is 10.6. The summed E-state index contributed by atoms with van der Waals surface area (Å²) in [4.78, 5) is 4.18. The van der Waals surface area contributed by atoms with Crippen LogP contribution in [0.5, 0.6) is 0 Å². The molecule has 0 aliphatic carbocycles. The second-order valence-corrected chi connectivity index (χ2v) is 4.32. The summed E-state index contributed by atoms with van der Waals surface area (Å²) in [5, 5.41) is 4.43. The van der Waals surface area contributed by atoms with Gasteiger partial charge in [-0.2, -0.15) is 5.10 Å². The zero-order valence-corrected chi connectivity index (χ0v) is 10.6. The van der Waals surface area contributed by atoms with Gasteiger partial charge < -0.3 is 10.3 Å². The predicted octanol–water partition coefficient (Wildman–Crippen LogP) is 0.783. The van der Waals surface area contributed by atoms with E-state index in [9.17, 15) is 0 Å². The van der Waals surface area contributed by atoms with Crippen molar-refractivity contribution in [2.24, 2.45) is 12.8 Å². The lowest BCUT2D eigenvalue weighted by Crippen LogP contribution is -2.10. The van der Waals surface area contributed by atoms with Gasteiger partial charge in [0.2, 0.25) is 0 Å². The van der Waals surface area contributed by atoms with E-state index in [0.29, 0.717) is 6.54 Å². The Hall–Kier alpha value is -1.62. The molecule has 0 aromatic carbocycles. The third-order valence-electron chi connectivity index (χ3n) is 3.19. The molecule has 0 radical (unpaired) electrons. The molecule has 0 saturated heterocycles. The fourth-order valence-corrected chi connectivity index (χ4v) is 2.06. The van der Waals surface area contributed by atoms with E-state index in [1.165, 1.54) is 17.0 Å². The lowest BCUT2D eigenvalue weighted by atomic mass is 10.2. The van der Waals surface area contributed by atoms with Crippen LogP contribution in [-0.2, 0) is 20.0 Å². The molecule has 0 aliphatic rings. The van der Waals surface area contributed by atoms with E-state index in [2.05, 4.69) is 21.6 Å². The molecule has 0 spiro atoms. The van der Waals surface area contributed by atoms with Gasteiger partial charge >= 0.3 is 0 Å². The third kappa shape index (κ3) is 2.24. The van der Waals surface area contributed by atoms with Gasteiger partial charge in [0.25, 0.3) is 0 Å². The molecular formula is C12H19N5. The van der Waals surface area contributed by atoms with Crippen LogP contribution in [0.25, 0.3) is 0 Å². The molecule has 0 bridgehead atoms. The van der Waals surface area contributed by atoms with Crippen molar-refractivity contribution in [2.45, 2.75) is 26.8 Å². The van der Waals surface area contributed by atoms with Gasteiger partial charge in [-0.1, -0.05) is 0 Å². The predicted molar refractivity (Wildman–Crippen MR) is 66.8 cm³/mol. The van der Waals surface area contributed by atoms with Crippen LogP contribution < -0.4 is 5.73 Å². The number of aryl methyl sites for hydroxylation is 2. The van der Waals surface area contributed by atoms with E-state index >= 15 is 0 Å². The van der Waals surface area contributed by atoms with Gasteiger partial charge in [-0.25, -0.2) is 4.98 Å². The molecule has 5 heteroatoms. The lowest BCUT2D eigenvalue weighted by Gasteiger charge is -2.07. The SMILES string of the molecule is Cc1nn(C)c(C)c1Cn1cncc1CCN. The Morgan fingerprint density at radius 1 is 1.35 bits per heavy atom. The molecule has 92 valence electrons. The molecule has 0 aliphatic heterocycles. The molecule has 0 amide bonds. The zero-order chi connectivity index (χ0) is 12.4. The molecule has 2 aromatic rings. The highest BCUT2D eigenvalue weighted by molar-refractivity contribution is 5.25. The van der Waals surface area contributed by atoms with Crippen LogP contribution in [0.15, 0.2) is 12.5 Å². The van der Waals surface area contributed by atoms with Gasteiger partial charge in [0.1, 0.15) is 0 Å². The summed E-state index contributed by atoms with van der Waals surface area (Å²) in [7, 11) is 1.97. The van der Waals surface area contributed by atoms with Gasteiger partial charge in [-0.05, 0) is 20.4 Å². The minimum atomic E-state index is 0.650. The first-order valence-electron chi connectivity index (χ1n) is 5.81. The maximum Gasteiger partial charge on any atom is 0.0951 e. The van der Waals surface area contributed by atoms with E-state index in [1.54, 1.807) is 0 Å². The topological polar surface area (TPSA) is 61.7 Å². The first-order chi connectivity index (χ1) is 8.13. The maximum atomic E-state index is 5.59. The highest BCUT2D eigenvalue weighted by Gasteiger charge is 2.11. The van der Waals surface area contributed by atoms with Crippen LogP contribution in [0.1, 0.15) is 22.6 Å². The maximum absolute atomic E-state index is 5.59. The molecule has 2 heterocycles. The number of hydrogen-bond donors (Lipinski definition) is 1. The highest BCUT2D eigenvalue weighted by atomic mass is 15.3. The smallest absolute Gasteiger partial charge is 0.0951 e. The molecular weight excluding hydrogens is 214 g/mol. The Labute approximate surface area is 101 Å². The van der Waals surface area contributed by atoms with Gasteiger partial charge in [0.15, 0.2) is 0 Å². The van der Waals surface area contributed by atoms with Crippen LogP contribution in [0.4, 0.5) is 0 Å². The summed E-state index contributed by atoms with van der Waals surface area (Å²) < 4.78 is 4.06. The number of rotatable bonds is 4. The number of hydrogen-bond acceptors (Lipinski definition) is 3. The minimum Gasteiger partial charge on any atom is -0.330 e. The molecule has 5 nitrogen and oxygen atoms in total. The largest absolute Gasteiger partial charge is 0.330 e. The molecule has 2 N–H and O–H groups in total. The molecule has 17 heavy (non-hydrogen) atoms. The van der Waals surface area contributed by atoms with Crippen LogP contribution in [0.3, 0.4) is 0 Å². The summed E-state index contributed by atoms with van der Waals surface area (Å²) >= 11 is 0. The third-order valence-corrected chi connectivity index (χ3v) is 3.19. The average molecular weight is 233 g/mol. The van der Waals surface area contributed by atoms with Crippen LogP contribution in [-0.4, -0.2) is 25.9 Å². The van der Waals surface area contributed by atoms with Gasteiger partial charge in [0, 0.05) is 36.6 Å². The van der Waals surface area contributed by atoms with E-state index in [1.807, 2.05) is 31.2 Å². The number of nitrogens with zero attached hydrogens (tertiary/aromatic N) is 4. The van der Waals surface area contributed by atoms with Gasteiger partial charge in [0.05, 0.1) is 18.6 Å². The molecule has 0 fully saturated rings. The molecule has 0 atom stereocenters. The van der Waals surface area contributed by atoms with E-state index in [0.717, 1.165) is 18.7 Å². The molecule has 2 aromatic heterocycles. The van der Waals surface area contributed by atoms with Crippen molar-refractivity contribution in [3.05, 3.63) is 35.2 Å². The van der Waals surface area contributed by atoms with Crippen LogP contribution >= 0.6 is 0 Å². The van der Waals surface area contributed by atoms with Crippen LogP contribution in [0.2, 0.25) is 0 Å². The molecule has 2 rings (SSSR count). The Bertz CT molecular complexity index is 509. The Morgan fingerprint density at radius 2 is 2.12 bits per heavy atom. The summed E-state index contributed by atoms with van der Waals surface area (Å²) in [6, 6.07) is 0. The highest BCUT2D eigenvalue weighted by Crippen LogP contribution is 2.14. The quantitative estimate of drug-likeness (QED) is 0.849.